The first kappa shape index (κ1) is 13.5. The summed E-state index contributed by atoms with van der Waals surface area (Å²) < 4.78 is 5.31. The van der Waals surface area contributed by atoms with E-state index in [1.807, 2.05) is 12.1 Å². The third-order valence-corrected chi connectivity index (χ3v) is 2.94. The van der Waals surface area contributed by atoms with Gasteiger partial charge in [-0.2, -0.15) is 0 Å². The molecule has 3 heteroatoms. The third kappa shape index (κ3) is 4.12. The zero-order valence-electron chi connectivity index (χ0n) is 10.2. The molecule has 0 aliphatic rings. The van der Waals surface area contributed by atoms with E-state index in [-0.39, 0.29) is 6.10 Å². The molecule has 1 N–H and O–H groups in total. The van der Waals surface area contributed by atoms with E-state index in [1.54, 1.807) is 7.11 Å². The van der Waals surface area contributed by atoms with Crippen molar-refractivity contribution in [1.82, 2.24) is 5.32 Å². The van der Waals surface area contributed by atoms with Gasteiger partial charge in [0.05, 0.1) is 6.10 Å². The van der Waals surface area contributed by atoms with Crippen molar-refractivity contribution in [3.8, 4) is 0 Å². The largest absolute Gasteiger partial charge is 0.382 e. The van der Waals surface area contributed by atoms with Crippen molar-refractivity contribution >= 4 is 11.6 Å². The molecule has 16 heavy (non-hydrogen) atoms. The minimum Gasteiger partial charge on any atom is -0.382 e. The lowest BCUT2D eigenvalue weighted by atomic mass is 10.0. The van der Waals surface area contributed by atoms with Crippen LogP contribution in [0.15, 0.2) is 24.3 Å². The monoisotopic (exact) mass is 241 g/mol. The van der Waals surface area contributed by atoms with Gasteiger partial charge in [-0.15, -0.1) is 0 Å². The third-order valence-electron chi connectivity index (χ3n) is 2.69. The summed E-state index contributed by atoms with van der Waals surface area (Å²) in [5.74, 6) is 0. The molecule has 2 nitrogen and oxygen atoms in total. The van der Waals surface area contributed by atoms with Crippen LogP contribution in [0.1, 0.15) is 31.9 Å². The maximum absolute atomic E-state index is 5.88. The zero-order chi connectivity index (χ0) is 12.0. The number of ether oxygens (including phenoxy) is 1. The molecule has 0 aliphatic carbocycles. The number of methoxy groups -OCH3 is 1. The molecule has 1 aromatic rings. The second kappa shape index (κ2) is 6.89. The van der Waals surface area contributed by atoms with Crippen LogP contribution in [-0.4, -0.2) is 19.8 Å². The first-order valence-electron chi connectivity index (χ1n) is 5.69. The van der Waals surface area contributed by atoms with Crippen LogP contribution in [0.3, 0.4) is 0 Å². The Morgan fingerprint density at radius 1 is 1.31 bits per heavy atom. The van der Waals surface area contributed by atoms with Gasteiger partial charge in [-0.3, -0.25) is 0 Å². The van der Waals surface area contributed by atoms with Gasteiger partial charge in [-0.05, 0) is 37.6 Å². The zero-order valence-corrected chi connectivity index (χ0v) is 10.9. The highest BCUT2D eigenvalue weighted by atomic mass is 35.5. The first-order chi connectivity index (χ1) is 7.67. The van der Waals surface area contributed by atoms with Crippen LogP contribution in [-0.2, 0) is 4.74 Å². The Hall–Kier alpha value is -0.570. The number of rotatable bonds is 6. The van der Waals surface area contributed by atoms with Crippen LogP contribution >= 0.6 is 11.6 Å². The molecule has 0 radical (unpaired) electrons. The number of hydrogen-bond acceptors (Lipinski definition) is 2. The van der Waals surface area contributed by atoms with Crippen LogP contribution in [0.5, 0.6) is 0 Å². The van der Waals surface area contributed by atoms with Crippen molar-refractivity contribution in [3.63, 3.8) is 0 Å². The van der Waals surface area contributed by atoms with E-state index >= 15 is 0 Å². The van der Waals surface area contributed by atoms with E-state index in [4.69, 9.17) is 16.3 Å². The van der Waals surface area contributed by atoms with Crippen molar-refractivity contribution in [2.45, 2.75) is 32.4 Å². The summed E-state index contributed by atoms with van der Waals surface area (Å²) in [6.07, 6.45) is 1.21. The fraction of sp³-hybridized carbons (Fsp3) is 0.538. The quantitative estimate of drug-likeness (QED) is 0.824. The Balaban J connectivity index is 2.72. The molecule has 1 rings (SSSR count). The maximum atomic E-state index is 5.88. The van der Waals surface area contributed by atoms with E-state index in [0.29, 0.717) is 6.04 Å². The van der Waals surface area contributed by atoms with Crippen LogP contribution < -0.4 is 5.32 Å². The average Bonchev–Trinajstić information content (AvgIpc) is 2.29. The van der Waals surface area contributed by atoms with E-state index in [0.717, 1.165) is 18.0 Å². The lowest BCUT2D eigenvalue weighted by molar-refractivity contribution is 0.101. The molecule has 2 unspecified atom stereocenters. The number of halogens is 1. The van der Waals surface area contributed by atoms with E-state index in [9.17, 15) is 0 Å². The summed E-state index contributed by atoms with van der Waals surface area (Å²) in [4.78, 5) is 0. The highest BCUT2D eigenvalue weighted by molar-refractivity contribution is 6.30. The number of benzene rings is 1. The Morgan fingerprint density at radius 2 is 1.94 bits per heavy atom. The van der Waals surface area contributed by atoms with E-state index < -0.39 is 0 Å². The van der Waals surface area contributed by atoms with Gasteiger partial charge >= 0.3 is 0 Å². The van der Waals surface area contributed by atoms with Crippen molar-refractivity contribution in [3.05, 3.63) is 34.9 Å². The molecule has 0 bridgehead atoms. The maximum Gasteiger partial charge on any atom is 0.0561 e. The van der Waals surface area contributed by atoms with Crippen LogP contribution in [0.4, 0.5) is 0 Å². The summed E-state index contributed by atoms with van der Waals surface area (Å²) in [7, 11) is 1.75. The van der Waals surface area contributed by atoms with Crippen LogP contribution in [0.25, 0.3) is 0 Å². The topological polar surface area (TPSA) is 21.3 Å². The number of nitrogens with one attached hydrogen (secondary N) is 1. The molecule has 1 aromatic carbocycles. The van der Waals surface area contributed by atoms with Gasteiger partial charge < -0.3 is 10.1 Å². The normalized spacial score (nSPS) is 14.8. The summed E-state index contributed by atoms with van der Waals surface area (Å²) in [5.41, 5.74) is 1.26. The molecule has 0 aliphatic heterocycles. The average molecular weight is 242 g/mol. The highest BCUT2D eigenvalue weighted by Gasteiger charge is 2.13. The molecule has 90 valence electrons. The summed E-state index contributed by atoms with van der Waals surface area (Å²) in [5, 5.41) is 4.24. The predicted molar refractivity (Wildman–Crippen MR) is 69.0 cm³/mol. The van der Waals surface area contributed by atoms with Gasteiger partial charge in [0.2, 0.25) is 0 Å². The molecule has 0 heterocycles. The van der Waals surface area contributed by atoms with E-state index in [2.05, 4.69) is 31.3 Å². The Labute approximate surface area is 103 Å². The van der Waals surface area contributed by atoms with Gasteiger partial charge in [-0.1, -0.05) is 30.7 Å². The molecule has 0 amide bonds. The molecule has 0 aromatic heterocycles. The fourth-order valence-electron chi connectivity index (χ4n) is 1.71. The van der Waals surface area contributed by atoms with Crippen molar-refractivity contribution in [2.75, 3.05) is 13.7 Å². The van der Waals surface area contributed by atoms with Crippen LogP contribution in [0.2, 0.25) is 5.02 Å². The SMILES string of the molecule is CCNC(CC(C)OC)c1ccc(Cl)cc1. The second-order valence-corrected chi connectivity index (χ2v) is 4.38. The van der Waals surface area contributed by atoms with Gasteiger partial charge in [0, 0.05) is 18.2 Å². The van der Waals surface area contributed by atoms with Crippen LogP contribution in [0, 0.1) is 0 Å². The summed E-state index contributed by atoms with van der Waals surface area (Å²) in [6, 6.07) is 8.32. The molecule has 2 atom stereocenters. The summed E-state index contributed by atoms with van der Waals surface area (Å²) in [6.45, 7) is 5.14. The molecule has 0 saturated heterocycles. The number of hydrogen-bond donors (Lipinski definition) is 1. The smallest absolute Gasteiger partial charge is 0.0561 e. The highest BCUT2D eigenvalue weighted by Crippen LogP contribution is 2.21. The predicted octanol–water partition coefficient (Wildman–Crippen LogP) is 3.42. The van der Waals surface area contributed by atoms with Gasteiger partial charge in [0.15, 0.2) is 0 Å². The van der Waals surface area contributed by atoms with E-state index in [1.165, 1.54) is 5.56 Å². The molecule has 0 spiro atoms. The molecule has 0 saturated carbocycles. The molecule has 0 fully saturated rings. The summed E-state index contributed by atoms with van der Waals surface area (Å²) >= 11 is 5.88. The fourth-order valence-corrected chi connectivity index (χ4v) is 1.83. The standard InChI is InChI=1S/C13H20ClNO/c1-4-15-13(9-10(2)16-3)11-5-7-12(14)8-6-11/h5-8,10,13,15H,4,9H2,1-3H3. The van der Waals surface area contributed by atoms with Gasteiger partial charge in [0.25, 0.3) is 0 Å². The second-order valence-electron chi connectivity index (χ2n) is 3.94. The van der Waals surface area contributed by atoms with Crippen molar-refractivity contribution < 1.29 is 4.74 Å². The van der Waals surface area contributed by atoms with Gasteiger partial charge in [0.1, 0.15) is 0 Å². The van der Waals surface area contributed by atoms with Crippen molar-refractivity contribution in [2.24, 2.45) is 0 Å². The Kier molecular flexibility index (Phi) is 5.81. The molecular weight excluding hydrogens is 222 g/mol. The van der Waals surface area contributed by atoms with Crippen molar-refractivity contribution in [1.29, 1.82) is 0 Å². The Morgan fingerprint density at radius 3 is 2.44 bits per heavy atom. The lowest BCUT2D eigenvalue weighted by Crippen LogP contribution is -2.25. The van der Waals surface area contributed by atoms with Gasteiger partial charge in [-0.25, -0.2) is 0 Å². The minimum atomic E-state index is 0.250. The Bertz CT molecular complexity index is 299. The molecular formula is C13H20ClNO. The lowest BCUT2D eigenvalue weighted by Gasteiger charge is -2.21. The first-order valence-corrected chi connectivity index (χ1v) is 6.06. The minimum absolute atomic E-state index is 0.250.